The standard InChI is InChI=1S/C23H31N3O4/c1-3-4-7-17-10-12-18(13-11-17)26-22(27)16-20(23(28)29)25-15-14-24-19-8-5-6-9-21(19)30-2/h5-6,8-13,20,24-25H,3-4,7,14-16H2,1-2H3,(H,26,27)(H,28,29)/t20-/m0/s1. The molecule has 162 valence electrons. The van der Waals surface area contributed by atoms with Crippen LogP contribution in [0.4, 0.5) is 11.4 Å². The molecule has 0 bridgehead atoms. The molecule has 2 aromatic rings. The molecule has 0 radical (unpaired) electrons. The van der Waals surface area contributed by atoms with E-state index in [1.165, 1.54) is 5.56 Å². The van der Waals surface area contributed by atoms with Gasteiger partial charge in [0.05, 0.1) is 38.3 Å². The van der Waals surface area contributed by atoms with Gasteiger partial charge in [0.1, 0.15) is 11.8 Å². The number of rotatable bonds is 13. The summed E-state index contributed by atoms with van der Waals surface area (Å²) in [5.74, 6) is -0.883. The third-order valence-electron chi connectivity index (χ3n) is 4.78. The van der Waals surface area contributed by atoms with E-state index in [1.54, 1.807) is 12.4 Å². The first kappa shape index (κ1) is 23.2. The Labute approximate surface area is 177 Å². The zero-order valence-electron chi connectivity index (χ0n) is 17.6. The van der Waals surface area contributed by atoms with E-state index < -0.39 is 12.0 Å². The molecule has 0 saturated heterocycles. The Morgan fingerprint density at radius 3 is 2.53 bits per heavy atom. The number of carbonyl (C=O) groups excluding carboxylic acids is 2. The predicted molar refractivity (Wildman–Crippen MR) is 115 cm³/mol. The molecule has 0 aromatic heterocycles. The number of carbonyl (C=O) groups is 2. The summed E-state index contributed by atoms with van der Waals surface area (Å²) >= 11 is 0. The van der Waals surface area contributed by atoms with Gasteiger partial charge in [0, 0.05) is 5.69 Å². The lowest BCUT2D eigenvalue weighted by Gasteiger charge is -2.17. The minimum absolute atomic E-state index is 0.158. The van der Waals surface area contributed by atoms with Gasteiger partial charge in [-0.15, -0.1) is 0 Å². The molecule has 1 amide bonds. The Balaban J connectivity index is 1.78. The Kier molecular flexibility index (Phi) is 9.67. The van der Waals surface area contributed by atoms with Gasteiger partial charge in [-0.1, -0.05) is 37.6 Å². The van der Waals surface area contributed by atoms with Crippen LogP contribution in [0.5, 0.6) is 5.75 Å². The third-order valence-corrected chi connectivity index (χ3v) is 4.78. The van der Waals surface area contributed by atoms with Gasteiger partial charge in [-0.25, -0.2) is 0 Å². The van der Waals surface area contributed by atoms with Gasteiger partial charge in [-0.2, -0.15) is 0 Å². The van der Waals surface area contributed by atoms with Gasteiger partial charge >= 0.3 is 0 Å². The summed E-state index contributed by atoms with van der Waals surface area (Å²) in [4.78, 5) is 23.7. The Bertz CT molecular complexity index is 808. The molecule has 0 aliphatic rings. The molecule has 0 aliphatic carbocycles. The number of amides is 1. The van der Waals surface area contributed by atoms with Crippen LogP contribution < -0.4 is 25.8 Å². The molecular formula is C23H31N3O4. The van der Waals surface area contributed by atoms with E-state index in [-0.39, 0.29) is 12.3 Å². The minimum atomic E-state index is -1.25. The lowest BCUT2D eigenvalue weighted by molar-refractivity contribution is -0.680. The minimum Gasteiger partial charge on any atom is -0.544 e. The van der Waals surface area contributed by atoms with Crippen molar-refractivity contribution in [3.05, 3.63) is 54.1 Å². The fourth-order valence-electron chi connectivity index (χ4n) is 3.09. The van der Waals surface area contributed by atoms with Crippen molar-refractivity contribution in [2.24, 2.45) is 0 Å². The van der Waals surface area contributed by atoms with E-state index in [0.717, 1.165) is 24.9 Å². The number of nitrogens with two attached hydrogens (primary N) is 1. The van der Waals surface area contributed by atoms with Gasteiger partial charge in [-0.05, 0) is 42.7 Å². The lowest BCUT2D eigenvalue weighted by atomic mass is 10.1. The number of hydrogen-bond donors (Lipinski definition) is 3. The van der Waals surface area contributed by atoms with Crippen LogP contribution in [0.25, 0.3) is 0 Å². The van der Waals surface area contributed by atoms with Crippen molar-refractivity contribution in [2.45, 2.75) is 38.6 Å². The van der Waals surface area contributed by atoms with Crippen LogP contribution in [0.2, 0.25) is 0 Å². The van der Waals surface area contributed by atoms with Crippen molar-refractivity contribution >= 4 is 23.3 Å². The van der Waals surface area contributed by atoms with Gasteiger partial charge in [-0.3, -0.25) is 4.79 Å². The highest BCUT2D eigenvalue weighted by molar-refractivity contribution is 5.93. The number of quaternary nitrogens is 1. The smallest absolute Gasteiger partial charge is 0.230 e. The molecule has 2 rings (SSSR count). The van der Waals surface area contributed by atoms with E-state index >= 15 is 0 Å². The molecule has 7 nitrogen and oxygen atoms in total. The van der Waals surface area contributed by atoms with Crippen LogP contribution in [0.15, 0.2) is 48.5 Å². The van der Waals surface area contributed by atoms with Crippen LogP contribution >= 0.6 is 0 Å². The second-order valence-electron chi connectivity index (χ2n) is 7.13. The predicted octanol–water partition coefficient (Wildman–Crippen LogP) is 1.16. The molecule has 0 fully saturated rings. The van der Waals surface area contributed by atoms with Crippen LogP contribution in [0, 0.1) is 0 Å². The normalized spacial score (nSPS) is 11.5. The summed E-state index contributed by atoms with van der Waals surface area (Å²) in [5, 5.41) is 19.0. The van der Waals surface area contributed by atoms with Crippen molar-refractivity contribution in [1.82, 2.24) is 0 Å². The largest absolute Gasteiger partial charge is 0.544 e. The molecule has 0 saturated carbocycles. The number of para-hydroxylation sites is 2. The van der Waals surface area contributed by atoms with Gasteiger partial charge < -0.3 is 30.6 Å². The maximum Gasteiger partial charge on any atom is 0.230 e. The van der Waals surface area contributed by atoms with E-state index in [2.05, 4.69) is 17.6 Å². The molecule has 0 unspecified atom stereocenters. The SMILES string of the molecule is CCCCc1ccc(NC(=O)C[C@H]([NH2+]CCNc2ccccc2OC)C(=O)[O-])cc1. The molecule has 2 aromatic carbocycles. The number of carboxylic acids is 1. The van der Waals surface area contributed by atoms with Crippen molar-refractivity contribution in [3.63, 3.8) is 0 Å². The number of methoxy groups -OCH3 is 1. The monoisotopic (exact) mass is 413 g/mol. The van der Waals surface area contributed by atoms with Crippen molar-refractivity contribution in [1.29, 1.82) is 0 Å². The van der Waals surface area contributed by atoms with E-state index in [9.17, 15) is 14.7 Å². The Hall–Kier alpha value is -3.06. The second kappa shape index (κ2) is 12.5. The number of hydrogen-bond acceptors (Lipinski definition) is 5. The van der Waals surface area contributed by atoms with E-state index in [0.29, 0.717) is 24.5 Å². The number of benzene rings is 2. The number of aryl methyl sites for hydroxylation is 1. The average Bonchev–Trinajstić information content (AvgIpc) is 2.75. The average molecular weight is 414 g/mol. The number of aliphatic carboxylic acids is 1. The van der Waals surface area contributed by atoms with Gasteiger partial charge in [0.2, 0.25) is 5.91 Å². The molecule has 30 heavy (non-hydrogen) atoms. The number of ether oxygens (including phenoxy) is 1. The van der Waals surface area contributed by atoms with Crippen LogP contribution in [-0.4, -0.2) is 38.1 Å². The zero-order valence-corrected chi connectivity index (χ0v) is 17.6. The fraction of sp³-hybridized carbons (Fsp3) is 0.391. The lowest BCUT2D eigenvalue weighted by Crippen LogP contribution is -2.94. The number of unbranched alkanes of at least 4 members (excludes halogenated alkanes) is 1. The number of nitrogens with one attached hydrogen (secondary N) is 2. The van der Waals surface area contributed by atoms with Crippen LogP contribution in [0.1, 0.15) is 31.7 Å². The third kappa shape index (κ3) is 7.75. The summed E-state index contributed by atoms with van der Waals surface area (Å²) in [6.45, 7) is 3.13. The number of anilines is 2. The molecule has 4 N–H and O–H groups in total. The van der Waals surface area contributed by atoms with Crippen LogP contribution in [0.3, 0.4) is 0 Å². The quantitative estimate of drug-likeness (QED) is 0.427. The first-order valence-electron chi connectivity index (χ1n) is 10.3. The highest BCUT2D eigenvalue weighted by Crippen LogP contribution is 2.22. The fourth-order valence-corrected chi connectivity index (χ4v) is 3.09. The second-order valence-corrected chi connectivity index (χ2v) is 7.13. The van der Waals surface area contributed by atoms with Crippen molar-refractivity contribution in [2.75, 3.05) is 30.8 Å². The maximum atomic E-state index is 12.3. The van der Waals surface area contributed by atoms with E-state index in [1.807, 2.05) is 48.5 Å². The van der Waals surface area contributed by atoms with Crippen molar-refractivity contribution in [3.8, 4) is 5.75 Å². The molecule has 0 aliphatic heterocycles. The van der Waals surface area contributed by atoms with E-state index in [4.69, 9.17) is 4.74 Å². The Morgan fingerprint density at radius 2 is 1.87 bits per heavy atom. The van der Waals surface area contributed by atoms with Crippen molar-refractivity contribution < 1.29 is 24.7 Å². The first-order valence-corrected chi connectivity index (χ1v) is 10.3. The molecule has 7 heteroatoms. The molecule has 0 spiro atoms. The molecule has 0 heterocycles. The maximum absolute atomic E-state index is 12.3. The molecule has 1 atom stereocenters. The van der Waals surface area contributed by atoms with Gasteiger partial charge in [0.15, 0.2) is 0 Å². The first-order chi connectivity index (χ1) is 14.5. The summed E-state index contributed by atoms with van der Waals surface area (Å²) < 4.78 is 5.27. The Morgan fingerprint density at radius 1 is 1.13 bits per heavy atom. The number of carboxylic acid groups (broad SMARTS) is 1. The van der Waals surface area contributed by atoms with Gasteiger partial charge in [0.25, 0.3) is 0 Å². The zero-order chi connectivity index (χ0) is 21.8. The highest BCUT2D eigenvalue weighted by atomic mass is 16.5. The summed E-state index contributed by atoms with van der Waals surface area (Å²) in [6, 6.07) is 14.2. The van der Waals surface area contributed by atoms with Crippen LogP contribution in [-0.2, 0) is 16.0 Å². The topological polar surface area (TPSA) is 107 Å². The summed E-state index contributed by atoms with van der Waals surface area (Å²) in [5.41, 5.74) is 2.71. The summed E-state index contributed by atoms with van der Waals surface area (Å²) in [7, 11) is 1.59. The summed E-state index contributed by atoms with van der Waals surface area (Å²) in [6.07, 6.45) is 3.11. The highest BCUT2D eigenvalue weighted by Gasteiger charge is 2.18. The molecular weight excluding hydrogens is 382 g/mol.